The first kappa shape index (κ1) is 18.5. The molecule has 0 heterocycles. The summed E-state index contributed by atoms with van der Waals surface area (Å²) in [5.41, 5.74) is -1.57. The smallest absolute Gasteiger partial charge is 0.324 e. The number of rotatable bonds is 6. The third kappa shape index (κ3) is 3.78. The highest BCUT2D eigenvalue weighted by atomic mass is 16.6. The lowest BCUT2D eigenvalue weighted by Crippen LogP contribution is -2.50. The van der Waals surface area contributed by atoms with Crippen molar-refractivity contribution in [2.75, 3.05) is 19.8 Å². The van der Waals surface area contributed by atoms with Crippen LogP contribution in [0.3, 0.4) is 0 Å². The molecule has 1 aliphatic carbocycles. The molecular formula is C16H26O6. The lowest BCUT2D eigenvalue weighted by atomic mass is 9.71. The highest BCUT2D eigenvalue weighted by molar-refractivity contribution is 6.04. The summed E-state index contributed by atoms with van der Waals surface area (Å²) >= 11 is 0. The molecule has 1 aliphatic rings. The van der Waals surface area contributed by atoms with Crippen molar-refractivity contribution in [2.45, 2.75) is 52.9 Å². The topological polar surface area (TPSA) is 78.9 Å². The summed E-state index contributed by atoms with van der Waals surface area (Å²) < 4.78 is 15.3. The Hall–Kier alpha value is -1.59. The second-order valence-electron chi connectivity index (χ2n) is 5.32. The third-order valence-electron chi connectivity index (χ3n) is 4.01. The minimum absolute atomic E-state index is 0.148. The molecule has 1 atom stereocenters. The molecule has 1 saturated carbocycles. The lowest BCUT2D eigenvalue weighted by molar-refractivity contribution is -0.184. The minimum atomic E-state index is -1.57. The molecular weight excluding hydrogens is 288 g/mol. The second-order valence-corrected chi connectivity index (χ2v) is 5.32. The van der Waals surface area contributed by atoms with Gasteiger partial charge in [-0.15, -0.1) is 0 Å². The fraction of sp³-hybridized carbons (Fsp3) is 0.812. The van der Waals surface area contributed by atoms with Gasteiger partial charge in [-0.05, 0) is 33.6 Å². The van der Waals surface area contributed by atoms with Gasteiger partial charge in [0.25, 0.3) is 0 Å². The van der Waals surface area contributed by atoms with Crippen LogP contribution in [0.2, 0.25) is 0 Å². The number of carbonyl (C=O) groups is 3. The monoisotopic (exact) mass is 314 g/mol. The average Bonchev–Trinajstić information content (AvgIpc) is 2.71. The Bertz CT molecular complexity index is 385. The van der Waals surface area contributed by atoms with Crippen LogP contribution in [0.1, 0.15) is 52.9 Å². The normalized spacial score (nSPS) is 20.6. The van der Waals surface area contributed by atoms with Gasteiger partial charge in [-0.1, -0.05) is 19.3 Å². The highest BCUT2D eigenvalue weighted by Gasteiger charge is 2.58. The van der Waals surface area contributed by atoms with E-state index in [1.165, 1.54) is 0 Å². The zero-order valence-corrected chi connectivity index (χ0v) is 13.7. The van der Waals surface area contributed by atoms with Crippen LogP contribution >= 0.6 is 0 Å². The van der Waals surface area contributed by atoms with Gasteiger partial charge >= 0.3 is 17.9 Å². The molecule has 0 aromatic carbocycles. The fourth-order valence-corrected chi connectivity index (χ4v) is 3.00. The van der Waals surface area contributed by atoms with Gasteiger partial charge in [0, 0.05) is 0 Å². The molecule has 0 spiro atoms. The van der Waals surface area contributed by atoms with Gasteiger partial charge in [-0.25, -0.2) is 0 Å². The van der Waals surface area contributed by atoms with Crippen LogP contribution in [0.15, 0.2) is 0 Å². The summed E-state index contributed by atoms with van der Waals surface area (Å²) in [6, 6.07) is 0. The van der Waals surface area contributed by atoms with E-state index < -0.39 is 29.2 Å². The van der Waals surface area contributed by atoms with E-state index in [4.69, 9.17) is 14.2 Å². The van der Waals surface area contributed by atoms with E-state index in [1.807, 2.05) is 0 Å². The summed E-state index contributed by atoms with van der Waals surface area (Å²) in [7, 11) is 0. The quantitative estimate of drug-likeness (QED) is 0.324. The zero-order chi connectivity index (χ0) is 16.6. The first-order chi connectivity index (χ1) is 10.5. The van der Waals surface area contributed by atoms with Crippen LogP contribution in [0.4, 0.5) is 0 Å². The molecule has 0 radical (unpaired) electrons. The van der Waals surface area contributed by atoms with Crippen LogP contribution in [-0.4, -0.2) is 37.7 Å². The van der Waals surface area contributed by atoms with Crippen molar-refractivity contribution in [3.05, 3.63) is 0 Å². The molecule has 1 fully saturated rings. The molecule has 0 N–H and O–H groups in total. The van der Waals surface area contributed by atoms with Crippen molar-refractivity contribution in [1.29, 1.82) is 0 Å². The number of ether oxygens (including phenoxy) is 3. The minimum Gasteiger partial charge on any atom is -0.466 e. The van der Waals surface area contributed by atoms with E-state index in [2.05, 4.69) is 0 Å². The standard InChI is InChI=1S/C16H26O6/c1-4-20-13(17)12-10-8-7-9-11-16(12,14(18)21-5-2)15(19)22-6-3/h12H,4-11H2,1-3H3. The van der Waals surface area contributed by atoms with E-state index in [9.17, 15) is 14.4 Å². The molecule has 6 heteroatoms. The summed E-state index contributed by atoms with van der Waals surface area (Å²) in [6.45, 7) is 5.55. The number of carbonyl (C=O) groups excluding carboxylic acids is 3. The van der Waals surface area contributed by atoms with Crippen molar-refractivity contribution in [1.82, 2.24) is 0 Å². The molecule has 0 aromatic rings. The Kier molecular flexibility index (Phi) is 7.35. The van der Waals surface area contributed by atoms with Gasteiger partial charge < -0.3 is 14.2 Å². The van der Waals surface area contributed by atoms with Gasteiger partial charge in [0.15, 0.2) is 5.41 Å². The Labute approximate surface area is 131 Å². The van der Waals surface area contributed by atoms with Gasteiger partial charge in [0.05, 0.1) is 25.7 Å². The molecule has 6 nitrogen and oxygen atoms in total. The molecule has 22 heavy (non-hydrogen) atoms. The maximum Gasteiger partial charge on any atom is 0.324 e. The predicted octanol–water partition coefficient (Wildman–Crippen LogP) is 2.24. The SMILES string of the molecule is CCOC(=O)C1CCCCCC1(C(=O)OCC)C(=O)OCC. The van der Waals surface area contributed by atoms with Gasteiger partial charge in [0.2, 0.25) is 0 Å². The first-order valence-corrected chi connectivity index (χ1v) is 8.05. The molecule has 126 valence electrons. The first-order valence-electron chi connectivity index (χ1n) is 8.05. The predicted molar refractivity (Wildman–Crippen MR) is 78.9 cm³/mol. The molecule has 0 bridgehead atoms. The number of hydrogen-bond acceptors (Lipinski definition) is 6. The summed E-state index contributed by atoms with van der Waals surface area (Å²) in [6.07, 6.45) is 2.98. The van der Waals surface area contributed by atoms with Crippen molar-refractivity contribution in [3.63, 3.8) is 0 Å². The number of esters is 3. The second kappa shape index (κ2) is 8.76. The Morgan fingerprint density at radius 2 is 1.41 bits per heavy atom. The van der Waals surface area contributed by atoms with Gasteiger partial charge in [-0.3, -0.25) is 14.4 Å². The maximum absolute atomic E-state index is 12.6. The number of hydrogen-bond donors (Lipinski definition) is 0. The molecule has 1 rings (SSSR count). The molecule has 1 unspecified atom stereocenters. The van der Waals surface area contributed by atoms with Crippen LogP contribution in [-0.2, 0) is 28.6 Å². The van der Waals surface area contributed by atoms with Crippen molar-refractivity contribution in [2.24, 2.45) is 11.3 Å². The summed E-state index contributed by atoms with van der Waals surface area (Å²) in [4.78, 5) is 37.5. The fourth-order valence-electron chi connectivity index (χ4n) is 3.00. The zero-order valence-electron chi connectivity index (χ0n) is 13.7. The molecule has 0 amide bonds. The van der Waals surface area contributed by atoms with E-state index in [1.54, 1.807) is 20.8 Å². The largest absolute Gasteiger partial charge is 0.466 e. The Balaban J connectivity index is 3.26. The van der Waals surface area contributed by atoms with Crippen LogP contribution in [0, 0.1) is 11.3 Å². The Morgan fingerprint density at radius 1 is 0.864 bits per heavy atom. The summed E-state index contributed by atoms with van der Waals surface area (Å²) in [5.74, 6) is -2.71. The van der Waals surface area contributed by atoms with Crippen molar-refractivity contribution in [3.8, 4) is 0 Å². The average molecular weight is 314 g/mol. The molecule has 0 aromatic heterocycles. The highest BCUT2D eigenvalue weighted by Crippen LogP contribution is 2.43. The molecule has 0 aliphatic heterocycles. The van der Waals surface area contributed by atoms with Gasteiger partial charge in [-0.2, -0.15) is 0 Å². The van der Waals surface area contributed by atoms with Gasteiger partial charge in [0.1, 0.15) is 0 Å². The van der Waals surface area contributed by atoms with E-state index in [0.717, 1.165) is 12.8 Å². The van der Waals surface area contributed by atoms with Crippen LogP contribution in [0.25, 0.3) is 0 Å². The maximum atomic E-state index is 12.6. The Morgan fingerprint density at radius 3 is 1.91 bits per heavy atom. The van der Waals surface area contributed by atoms with Crippen LogP contribution in [0.5, 0.6) is 0 Å². The van der Waals surface area contributed by atoms with Crippen molar-refractivity contribution < 1.29 is 28.6 Å². The van der Waals surface area contributed by atoms with E-state index in [-0.39, 0.29) is 26.2 Å². The lowest BCUT2D eigenvalue weighted by Gasteiger charge is -2.33. The van der Waals surface area contributed by atoms with Crippen molar-refractivity contribution >= 4 is 17.9 Å². The molecule has 0 saturated heterocycles. The van der Waals surface area contributed by atoms with Crippen LogP contribution < -0.4 is 0 Å². The summed E-state index contributed by atoms with van der Waals surface area (Å²) in [5, 5.41) is 0. The van der Waals surface area contributed by atoms with E-state index >= 15 is 0 Å². The third-order valence-corrected chi connectivity index (χ3v) is 4.01. The van der Waals surface area contributed by atoms with E-state index in [0.29, 0.717) is 12.8 Å².